The first-order valence-corrected chi connectivity index (χ1v) is 11.6. The molecule has 0 aromatic heterocycles. The monoisotopic (exact) mass is 448 g/mol. The van der Waals surface area contributed by atoms with Gasteiger partial charge in [0, 0.05) is 5.41 Å². The van der Waals surface area contributed by atoms with Gasteiger partial charge in [0.15, 0.2) is 10.9 Å². The summed E-state index contributed by atoms with van der Waals surface area (Å²) in [5.74, 6) is -1.54. The summed E-state index contributed by atoms with van der Waals surface area (Å²) < 4.78 is 27.7. The molecule has 1 unspecified atom stereocenters. The molecule has 7 heteroatoms. The quantitative estimate of drug-likeness (QED) is 0.406. The van der Waals surface area contributed by atoms with E-state index in [9.17, 15) is 14.4 Å². The number of ether oxygens (including phenoxy) is 2. The minimum absolute atomic E-state index is 0.0417. The van der Waals surface area contributed by atoms with Crippen molar-refractivity contribution < 1.29 is 28.2 Å². The number of fused-ring (bicyclic) bond motifs is 3. The van der Waals surface area contributed by atoms with Gasteiger partial charge in [0.25, 0.3) is 0 Å². The first-order valence-electron chi connectivity index (χ1n) is 11.2. The maximum absolute atomic E-state index is 15.5. The molecular formula is C24H29FO5S. The molecule has 168 valence electrons. The summed E-state index contributed by atoms with van der Waals surface area (Å²) in [6, 6.07) is 0. The van der Waals surface area contributed by atoms with Crippen molar-refractivity contribution in [1.82, 2.24) is 0 Å². The van der Waals surface area contributed by atoms with Crippen molar-refractivity contribution in [3.05, 3.63) is 23.8 Å². The normalized spacial score (nSPS) is 49.5. The predicted octanol–water partition coefficient (Wildman–Crippen LogP) is 3.62. The Morgan fingerprint density at radius 2 is 1.97 bits per heavy atom. The smallest absolute Gasteiger partial charge is 0.308 e. The molecule has 1 spiro atoms. The van der Waals surface area contributed by atoms with Crippen molar-refractivity contribution in [1.29, 1.82) is 0 Å². The van der Waals surface area contributed by atoms with Crippen molar-refractivity contribution >= 4 is 29.5 Å². The van der Waals surface area contributed by atoms with E-state index in [-0.39, 0.29) is 47.1 Å². The summed E-state index contributed by atoms with van der Waals surface area (Å²) in [5, 5.41) is -0.290. The lowest BCUT2D eigenvalue weighted by Gasteiger charge is -2.54. The summed E-state index contributed by atoms with van der Waals surface area (Å²) in [4.78, 5) is 37.0. The van der Waals surface area contributed by atoms with E-state index in [1.165, 1.54) is 12.2 Å². The molecule has 0 amide bonds. The SMILES string of the molecule is CC(C)C(=O)OC1C[C@H]2[C@@H]3C[C@H](F)C4=CC(=O)C=C[C@]4(C)[C@@]34O[C@H]4C[C@]2(C)[C@H]1C(=O)S. The van der Waals surface area contributed by atoms with E-state index in [1.807, 2.05) is 19.9 Å². The molecule has 31 heavy (non-hydrogen) atoms. The number of carbonyl (C=O) groups is 3. The predicted molar refractivity (Wildman–Crippen MR) is 114 cm³/mol. The van der Waals surface area contributed by atoms with Crippen molar-refractivity contribution in [3.8, 4) is 0 Å². The third-order valence-corrected chi connectivity index (χ3v) is 9.21. The van der Waals surface area contributed by atoms with Crippen LogP contribution in [-0.2, 0) is 23.9 Å². The zero-order valence-corrected chi connectivity index (χ0v) is 19.2. The lowest BCUT2D eigenvalue weighted by molar-refractivity contribution is -0.156. The van der Waals surface area contributed by atoms with Crippen LogP contribution in [0.4, 0.5) is 4.39 Å². The number of alkyl halides is 1. The molecule has 5 rings (SSSR count). The number of rotatable bonds is 3. The van der Waals surface area contributed by atoms with Gasteiger partial charge in [-0.25, -0.2) is 4.39 Å². The first kappa shape index (κ1) is 21.4. The fraction of sp³-hybridized carbons (Fsp3) is 0.708. The molecule has 9 atom stereocenters. The summed E-state index contributed by atoms with van der Waals surface area (Å²) >= 11 is 4.17. The average molecular weight is 449 g/mol. The summed E-state index contributed by atoms with van der Waals surface area (Å²) in [5.41, 5.74) is -1.25. The second kappa shape index (κ2) is 6.53. The van der Waals surface area contributed by atoms with Crippen molar-refractivity contribution in [3.63, 3.8) is 0 Å². The highest BCUT2D eigenvalue weighted by Crippen LogP contribution is 2.75. The number of carbonyl (C=O) groups excluding carboxylic acids is 3. The molecule has 4 fully saturated rings. The van der Waals surface area contributed by atoms with Gasteiger partial charge in [-0.1, -0.05) is 26.8 Å². The van der Waals surface area contributed by atoms with Gasteiger partial charge in [-0.2, -0.15) is 0 Å². The number of epoxide rings is 1. The fourth-order valence-corrected chi connectivity index (χ4v) is 7.94. The van der Waals surface area contributed by atoms with Crippen LogP contribution in [0.2, 0.25) is 0 Å². The molecule has 5 nitrogen and oxygen atoms in total. The maximum atomic E-state index is 15.5. The fourth-order valence-electron chi connectivity index (χ4n) is 7.47. The molecule has 1 aliphatic heterocycles. The third-order valence-electron chi connectivity index (χ3n) is 8.93. The molecule has 0 aromatic carbocycles. The van der Waals surface area contributed by atoms with Gasteiger partial charge in [0.1, 0.15) is 17.9 Å². The summed E-state index contributed by atoms with van der Waals surface area (Å²) in [6.07, 6.45) is 4.20. The van der Waals surface area contributed by atoms with E-state index >= 15 is 4.39 Å². The minimum atomic E-state index is -1.25. The van der Waals surface area contributed by atoms with Gasteiger partial charge >= 0.3 is 5.97 Å². The van der Waals surface area contributed by atoms with Crippen molar-refractivity contribution in [2.75, 3.05) is 0 Å². The van der Waals surface area contributed by atoms with Gasteiger partial charge in [-0.15, -0.1) is 12.6 Å². The lowest BCUT2D eigenvalue weighted by Crippen LogP contribution is -2.59. The number of halogens is 1. The number of hydrogen-bond donors (Lipinski definition) is 1. The standard InChI is InChI=1S/C24H29FO5S/c1-11(2)20(27)29-17-9-13-14-8-16(25)15-7-12(26)5-6-23(15,4)24(14)18(30-24)10-22(13,3)19(17)21(28)31/h5-7,11,13-14,16-19H,8-10H2,1-4H3,(H,28,31)/t13-,14-,16-,17?,18-,19+,22-,23-,24+/m0/s1. The van der Waals surface area contributed by atoms with E-state index in [2.05, 4.69) is 12.6 Å². The van der Waals surface area contributed by atoms with E-state index in [0.717, 1.165) is 0 Å². The van der Waals surface area contributed by atoms with Crippen LogP contribution in [0.25, 0.3) is 0 Å². The highest BCUT2D eigenvalue weighted by Gasteiger charge is 2.81. The molecule has 3 saturated carbocycles. The Morgan fingerprint density at radius 1 is 1.26 bits per heavy atom. The number of ketones is 1. The van der Waals surface area contributed by atoms with Crippen LogP contribution < -0.4 is 0 Å². The number of esters is 1. The zero-order valence-electron chi connectivity index (χ0n) is 18.3. The molecule has 0 aromatic rings. The maximum Gasteiger partial charge on any atom is 0.308 e. The second-order valence-electron chi connectivity index (χ2n) is 10.7. The number of hydrogen-bond acceptors (Lipinski definition) is 5. The number of allylic oxidation sites excluding steroid dienone is 2. The van der Waals surface area contributed by atoms with Gasteiger partial charge in [0.2, 0.25) is 0 Å². The van der Waals surface area contributed by atoms with Crippen LogP contribution in [0.3, 0.4) is 0 Å². The third kappa shape index (κ3) is 2.62. The van der Waals surface area contributed by atoms with E-state index in [0.29, 0.717) is 18.4 Å². The zero-order chi connectivity index (χ0) is 22.5. The van der Waals surface area contributed by atoms with Crippen LogP contribution >= 0.6 is 12.6 Å². The Balaban J connectivity index is 1.55. The average Bonchev–Trinajstić information content (AvgIpc) is 3.31. The van der Waals surface area contributed by atoms with Crippen molar-refractivity contribution in [2.45, 2.75) is 70.9 Å². The van der Waals surface area contributed by atoms with E-state index in [1.54, 1.807) is 13.8 Å². The Hall–Kier alpha value is -1.47. The topological polar surface area (TPSA) is 73.0 Å². The van der Waals surface area contributed by atoms with E-state index < -0.39 is 34.6 Å². The summed E-state index contributed by atoms with van der Waals surface area (Å²) in [6.45, 7) is 7.55. The summed E-state index contributed by atoms with van der Waals surface area (Å²) in [7, 11) is 0. The number of thiol groups is 1. The van der Waals surface area contributed by atoms with Gasteiger partial charge < -0.3 is 9.47 Å². The largest absolute Gasteiger partial charge is 0.461 e. The minimum Gasteiger partial charge on any atom is -0.461 e. The van der Waals surface area contributed by atoms with Crippen LogP contribution in [0, 0.1) is 34.5 Å². The first-order chi connectivity index (χ1) is 14.5. The Kier molecular flexibility index (Phi) is 4.51. The molecular weight excluding hydrogens is 419 g/mol. The second-order valence-corrected chi connectivity index (χ2v) is 11.2. The lowest BCUT2D eigenvalue weighted by atomic mass is 9.47. The molecule has 0 bridgehead atoms. The van der Waals surface area contributed by atoms with Gasteiger partial charge in [-0.3, -0.25) is 14.4 Å². The highest BCUT2D eigenvalue weighted by molar-refractivity contribution is 7.96. The van der Waals surface area contributed by atoms with E-state index in [4.69, 9.17) is 9.47 Å². The molecule has 4 aliphatic carbocycles. The molecule has 5 aliphatic rings. The molecule has 0 N–H and O–H groups in total. The van der Waals surface area contributed by atoms with Crippen molar-refractivity contribution in [2.24, 2.45) is 34.5 Å². The molecule has 0 radical (unpaired) electrons. The van der Waals surface area contributed by atoms with Crippen LogP contribution in [0.5, 0.6) is 0 Å². The molecule has 1 saturated heterocycles. The Morgan fingerprint density at radius 3 is 2.61 bits per heavy atom. The highest BCUT2D eigenvalue weighted by atomic mass is 32.1. The molecule has 1 heterocycles. The van der Waals surface area contributed by atoms with Crippen LogP contribution in [-0.4, -0.2) is 40.8 Å². The Labute approximate surface area is 187 Å². The van der Waals surface area contributed by atoms with Gasteiger partial charge in [-0.05, 0) is 61.2 Å². The Bertz CT molecular complexity index is 942. The van der Waals surface area contributed by atoms with Gasteiger partial charge in [0.05, 0.1) is 17.9 Å². The van der Waals surface area contributed by atoms with Crippen LogP contribution in [0.1, 0.15) is 47.0 Å². The van der Waals surface area contributed by atoms with Crippen LogP contribution in [0.15, 0.2) is 23.8 Å².